The van der Waals surface area contributed by atoms with Crippen molar-refractivity contribution in [1.29, 1.82) is 0 Å². The SMILES string of the molecule is CN[P+](C)(c1ccccc1)c1ccccc1. The minimum Gasteiger partial charge on any atom is -0.186 e. The molecule has 0 atom stereocenters. The highest BCUT2D eigenvalue weighted by molar-refractivity contribution is 7.87. The van der Waals surface area contributed by atoms with Crippen LogP contribution in [0.25, 0.3) is 0 Å². The van der Waals surface area contributed by atoms with Gasteiger partial charge in [-0.25, -0.2) is 0 Å². The van der Waals surface area contributed by atoms with Crippen LogP contribution in [0, 0.1) is 0 Å². The smallest absolute Gasteiger partial charge is 0.142 e. The van der Waals surface area contributed by atoms with Gasteiger partial charge in [0.1, 0.15) is 18.0 Å². The Morgan fingerprint density at radius 3 is 1.44 bits per heavy atom. The summed E-state index contributed by atoms with van der Waals surface area (Å²) in [5.41, 5.74) is 0. The zero-order chi connectivity index (χ0) is 11.4. The van der Waals surface area contributed by atoms with Crippen LogP contribution in [-0.2, 0) is 0 Å². The second kappa shape index (κ2) is 4.78. The Morgan fingerprint density at radius 1 is 0.750 bits per heavy atom. The third-order valence-corrected chi connectivity index (χ3v) is 6.55. The maximum absolute atomic E-state index is 3.52. The second-order valence-electron chi connectivity index (χ2n) is 3.90. The van der Waals surface area contributed by atoms with E-state index in [2.05, 4.69) is 72.4 Å². The summed E-state index contributed by atoms with van der Waals surface area (Å²) in [5.74, 6) is 0. The zero-order valence-corrected chi connectivity index (χ0v) is 10.6. The van der Waals surface area contributed by atoms with Crippen molar-refractivity contribution < 1.29 is 0 Å². The molecule has 82 valence electrons. The highest BCUT2D eigenvalue weighted by Gasteiger charge is 2.35. The van der Waals surface area contributed by atoms with Gasteiger partial charge in [0.05, 0.1) is 6.66 Å². The first-order valence-corrected chi connectivity index (χ1v) is 7.68. The van der Waals surface area contributed by atoms with Gasteiger partial charge in [0.2, 0.25) is 0 Å². The molecule has 0 unspecified atom stereocenters. The molecule has 1 nitrogen and oxygen atoms in total. The summed E-state index contributed by atoms with van der Waals surface area (Å²) < 4.78 is 0. The third-order valence-electron chi connectivity index (χ3n) is 2.99. The molecule has 0 amide bonds. The van der Waals surface area contributed by atoms with Crippen molar-refractivity contribution in [3.8, 4) is 0 Å². The van der Waals surface area contributed by atoms with E-state index in [1.807, 2.05) is 7.05 Å². The van der Waals surface area contributed by atoms with Gasteiger partial charge in [-0.05, 0) is 24.3 Å². The van der Waals surface area contributed by atoms with Gasteiger partial charge in [0, 0.05) is 7.05 Å². The van der Waals surface area contributed by atoms with Crippen LogP contribution in [0.15, 0.2) is 60.7 Å². The zero-order valence-electron chi connectivity index (χ0n) is 9.72. The largest absolute Gasteiger partial charge is 0.186 e. The van der Waals surface area contributed by atoms with Crippen LogP contribution >= 0.6 is 7.41 Å². The standard InChI is InChI=1S/C14H17NP/c1-15-16(2,13-9-5-3-6-10-13)14-11-7-4-8-12-14/h3-12,15H,1-2H3/q+1. The topological polar surface area (TPSA) is 12.0 Å². The van der Waals surface area contributed by atoms with Gasteiger partial charge in [-0.1, -0.05) is 36.4 Å². The lowest BCUT2D eigenvalue weighted by molar-refractivity contribution is 1.26. The van der Waals surface area contributed by atoms with Gasteiger partial charge in [-0.3, -0.25) is 0 Å². The molecule has 1 N–H and O–H groups in total. The van der Waals surface area contributed by atoms with Gasteiger partial charge >= 0.3 is 0 Å². The molecule has 0 heterocycles. The predicted molar refractivity (Wildman–Crippen MR) is 74.1 cm³/mol. The van der Waals surface area contributed by atoms with Crippen LogP contribution in [0.5, 0.6) is 0 Å². The molecule has 0 aliphatic carbocycles. The van der Waals surface area contributed by atoms with E-state index < -0.39 is 7.41 Å². The molecule has 2 aromatic carbocycles. The Morgan fingerprint density at radius 2 is 1.12 bits per heavy atom. The van der Waals surface area contributed by atoms with E-state index in [0.717, 1.165) is 0 Å². The Bertz CT molecular complexity index is 399. The van der Waals surface area contributed by atoms with Crippen LogP contribution in [-0.4, -0.2) is 13.7 Å². The molecule has 0 spiro atoms. The summed E-state index contributed by atoms with van der Waals surface area (Å²) in [4.78, 5) is 0. The fourth-order valence-electron chi connectivity index (χ4n) is 1.86. The maximum atomic E-state index is 3.52. The summed E-state index contributed by atoms with van der Waals surface area (Å²) in [7, 11) is 0.644. The average Bonchev–Trinajstić information content (AvgIpc) is 2.40. The summed E-state index contributed by atoms with van der Waals surface area (Å²) in [6, 6.07) is 21.4. The van der Waals surface area contributed by atoms with Crippen molar-refractivity contribution >= 4 is 18.0 Å². The van der Waals surface area contributed by atoms with Gasteiger partial charge in [-0.2, -0.15) is 5.09 Å². The van der Waals surface area contributed by atoms with E-state index in [1.54, 1.807) is 0 Å². The van der Waals surface area contributed by atoms with Crippen molar-refractivity contribution in [2.75, 3.05) is 13.7 Å². The molecule has 2 heteroatoms. The van der Waals surface area contributed by atoms with E-state index in [1.165, 1.54) is 10.6 Å². The van der Waals surface area contributed by atoms with Crippen LogP contribution in [0.1, 0.15) is 0 Å². The normalized spacial score (nSPS) is 11.4. The molecule has 0 saturated heterocycles. The predicted octanol–water partition coefficient (Wildman–Crippen LogP) is 2.42. The lowest BCUT2D eigenvalue weighted by Gasteiger charge is -2.21. The molecule has 0 saturated carbocycles. The van der Waals surface area contributed by atoms with E-state index in [4.69, 9.17) is 0 Å². The van der Waals surface area contributed by atoms with Crippen LogP contribution in [0.4, 0.5) is 0 Å². The lowest BCUT2D eigenvalue weighted by Crippen LogP contribution is -2.30. The number of benzene rings is 2. The summed E-state index contributed by atoms with van der Waals surface area (Å²) in [6.45, 7) is 2.32. The fourth-order valence-corrected chi connectivity index (χ4v) is 4.21. The monoisotopic (exact) mass is 230 g/mol. The number of hydrogen-bond donors (Lipinski definition) is 1. The van der Waals surface area contributed by atoms with Gasteiger partial charge in [-0.15, -0.1) is 0 Å². The summed E-state index contributed by atoms with van der Waals surface area (Å²) in [6.07, 6.45) is 0. The van der Waals surface area contributed by atoms with Crippen molar-refractivity contribution in [3.05, 3.63) is 60.7 Å². The molecular formula is C14H17NP+. The van der Waals surface area contributed by atoms with Crippen molar-refractivity contribution in [3.63, 3.8) is 0 Å². The highest BCUT2D eigenvalue weighted by atomic mass is 31.2. The Kier molecular flexibility index (Phi) is 3.38. The fraction of sp³-hybridized carbons (Fsp3) is 0.143. The summed E-state index contributed by atoms with van der Waals surface area (Å²) in [5, 5.41) is 6.31. The van der Waals surface area contributed by atoms with Crippen LogP contribution in [0.3, 0.4) is 0 Å². The molecule has 0 fully saturated rings. The molecule has 2 rings (SSSR count). The minimum atomic E-state index is -1.40. The molecule has 0 aliphatic heterocycles. The lowest BCUT2D eigenvalue weighted by atomic mass is 10.4. The quantitative estimate of drug-likeness (QED) is 0.798. The number of hydrogen-bond acceptors (Lipinski definition) is 1. The molecular weight excluding hydrogens is 213 g/mol. The molecule has 0 radical (unpaired) electrons. The maximum Gasteiger partial charge on any atom is 0.142 e. The number of rotatable bonds is 3. The van der Waals surface area contributed by atoms with Crippen LogP contribution < -0.4 is 15.7 Å². The molecule has 0 aliphatic rings. The molecule has 0 bridgehead atoms. The first kappa shape index (κ1) is 11.3. The third kappa shape index (κ3) is 2.02. The first-order chi connectivity index (χ1) is 7.77. The molecule has 0 aromatic heterocycles. The van der Waals surface area contributed by atoms with E-state index in [-0.39, 0.29) is 0 Å². The minimum absolute atomic E-state index is 1.39. The molecule has 2 aromatic rings. The van der Waals surface area contributed by atoms with Crippen molar-refractivity contribution in [1.82, 2.24) is 5.09 Å². The Labute approximate surface area is 97.9 Å². The number of nitrogens with one attached hydrogen (secondary N) is 1. The van der Waals surface area contributed by atoms with Crippen molar-refractivity contribution in [2.24, 2.45) is 0 Å². The average molecular weight is 230 g/mol. The Hall–Kier alpha value is -1.17. The second-order valence-corrected chi connectivity index (χ2v) is 7.39. The first-order valence-electron chi connectivity index (χ1n) is 5.44. The van der Waals surface area contributed by atoms with E-state index in [9.17, 15) is 0 Å². The van der Waals surface area contributed by atoms with Crippen LogP contribution in [0.2, 0.25) is 0 Å². The van der Waals surface area contributed by atoms with E-state index >= 15 is 0 Å². The van der Waals surface area contributed by atoms with Gasteiger partial charge in [0.25, 0.3) is 0 Å². The highest BCUT2D eigenvalue weighted by Crippen LogP contribution is 2.47. The van der Waals surface area contributed by atoms with E-state index in [0.29, 0.717) is 0 Å². The van der Waals surface area contributed by atoms with Gasteiger partial charge < -0.3 is 0 Å². The molecule has 16 heavy (non-hydrogen) atoms. The Balaban J connectivity index is 2.49. The van der Waals surface area contributed by atoms with Gasteiger partial charge in [0.15, 0.2) is 0 Å². The van der Waals surface area contributed by atoms with Crippen molar-refractivity contribution in [2.45, 2.75) is 0 Å². The summed E-state index contributed by atoms with van der Waals surface area (Å²) >= 11 is 0.